The molecule has 84 valence electrons. The highest BCUT2D eigenvalue weighted by Gasteiger charge is 2.20. The van der Waals surface area contributed by atoms with Crippen molar-refractivity contribution in [2.75, 3.05) is 6.61 Å². The largest absolute Gasteiger partial charge is 0.444 e. The van der Waals surface area contributed by atoms with Gasteiger partial charge in [0, 0.05) is 6.04 Å². The molecule has 0 aromatic rings. The van der Waals surface area contributed by atoms with Crippen LogP contribution in [0.3, 0.4) is 0 Å². The van der Waals surface area contributed by atoms with E-state index in [1.54, 1.807) is 27.7 Å². The maximum Gasteiger partial charge on any atom is 0.408 e. The fraction of sp³-hybridized carbons (Fsp3) is 0.889. The molecule has 0 aliphatic carbocycles. The highest BCUT2D eigenvalue weighted by molar-refractivity contribution is 5.68. The van der Waals surface area contributed by atoms with Crippen LogP contribution in [0, 0.1) is 0 Å². The summed E-state index contributed by atoms with van der Waals surface area (Å²) in [6.45, 7) is 6.82. The number of aliphatic hydroxyl groups excluding tert-OH is 1. The zero-order chi connectivity index (χ0) is 11.4. The van der Waals surface area contributed by atoms with Gasteiger partial charge in [-0.3, -0.25) is 0 Å². The molecule has 14 heavy (non-hydrogen) atoms. The van der Waals surface area contributed by atoms with Crippen LogP contribution in [0.2, 0.25) is 0 Å². The summed E-state index contributed by atoms with van der Waals surface area (Å²) in [4.78, 5) is 11.2. The molecule has 1 amide bonds. The van der Waals surface area contributed by atoms with E-state index in [0.717, 1.165) is 0 Å². The lowest BCUT2D eigenvalue weighted by Gasteiger charge is -2.24. The summed E-state index contributed by atoms with van der Waals surface area (Å²) in [5.41, 5.74) is 4.99. The topological polar surface area (TPSA) is 84.6 Å². The van der Waals surface area contributed by atoms with Crippen LogP contribution >= 0.6 is 0 Å². The Balaban J connectivity index is 4.04. The van der Waals surface area contributed by atoms with E-state index in [1.807, 2.05) is 0 Å². The molecule has 5 heteroatoms. The van der Waals surface area contributed by atoms with Gasteiger partial charge in [-0.15, -0.1) is 0 Å². The number of ether oxygens (including phenoxy) is 1. The van der Waals surface area contributed by atoms with Crippen LogP contribution in [0.25, 0.3) is 0 Å². The Kier molecular flexibility index (Phi) is 4.87. The molecule has 0 rings (SSSR count). The van der Waals surface area contributed by atoms with Crippen LogP contribution in [-0.4, -0.2) is 35.5 Å². The molecule has 0 saturated carbocycles. The second-order valence-electron chi connectivity index (χ2n) is 4.29. The Morgan fingerprint density at radius 2 is 2.07 bits per heavy atom. The summed E-state index contributed by atoms with van der Waals surface area (Å²) in [5.74, 6) is 0. The third-order valence-corrected chi connectivity index (χ3v) is 1.53. The molecule has 0 spiro atoms. The first kappa shape index (κ1) is 13.2. The summed E-state index contributed by atoms with van der Waals surface area (Å²) in [6.07, 6.45) is -0.561. The zero-order valence-corrected chi connectivity index (χ0v) is 9.20. The quantitative estimate of drug-likeness (QED) is 0.614. The Morgan fingerprint density at radius 1 is 1.57 bits per heavy atom. The number of carbonyl (C=O) groups is 1. The van der Waals surface area contributed by atoms with E-state index in [9.17, 15) is 4.79 Å². The van der Waals surface area contributed by atoms with E-state index in [2.05, 4.69) is 5.32 Å². The fourth-order valence-electron chi connectivity index (χ4n) is 0.802. The van der Waals surface area contributed by atoms with Gasteiger partial charge in [0.2, 0.25) is 0 Å². The number of aliphatic hydroxyl groups is 1. The van der Waals surface area contributed by atoms with Crippen molar-refractivity contribution in [3.63, 3.8) is 0 Å². The summed E-state index contributed by atoms with van der Waals surface area (Å²) < 4.78 is 5.00. The van der Waals surface area contributed by atoms with Crippen molar-refractivity contribution in [2.45, 2.75) is 45.4 Å². The molecular weight excluding hydrogens is 184 g/mol. The van der Waals surface area contributed by atoms with Gasteiger partial charge in [0.1, 0.15) is 5.60 Å². The first-order chi connectivity index (χ1) is 6.26. The van der Waals surface area contributed by atoms with E-state index in [-0.39, 0.29) is 12.6 Å². The second-order valence-corrected chi connectivity index (χ2v) is 4.29. The first-order valence-electron chi connectivity index (χ1n) is 4.62. The van der Waals surface area contributed by atoms with Gasteiger partial charge in [-0.05, 0) is 27.7 Å². The SMILES string of the molecule is C[C@@H](N)[C@@H](CO)NC(=O)OC(C)(C)C. The van der Waals surface area contributed by atoms with Crippen molar-refractivity contribution in [3.05, 3.63) is 0 Å². The molecule has 4 N–H and O–H groups in total. The second kappa shape index (κ2) is 5.17. The van der Waals surface area contributed by atoms with Crippen LogP contribution in [0.1, 0.15) is 27.7 Å². The molecule has 0 aromatic carbocycles. The minimum atomic E-state index is -0.561. The van der Waals surface area contributed by atoms with Gasteiger partial charge in [-0.1, -0.05) is 0 Å². The first-order valence-corrected chi connectivity index (χ1v) is 4.62. The zero-order valence-electron chi connectivity index (χ0n) is 9.20. The predicted molar refractivity (Wildman–Crippen MR) is 53.9 cm³/mol. The Morgan fingerprint density at radius 3 is 2.36 bits per heavy atom. The highest BCUT2D eigenvalue weighted by atomic mass is 16.6. The van der Waals surface area contributed by atoms with Gasteiger partial charge < -0.3 is 20.9 Å². The number of rotatable bonds is 3. The summed E-state index contributed by atoms with van der Waals surface area (Å²) in [7, 11) is 0. The normalized spacial score (nSPS) is 15.9. The van der Waals surface area contributed by atoms with E-state index < -0.39 is 17.7 Å². The highest BCUT2D eigenvalue weighted by Crippen LogP contribution is 2.06. The third kappa shape index (κ3) is 5.77. The van der Waals surface area contributed by atoms with Crippen molar-refractivity contribution in [1.29, 1.82) is 0 Å². The maximum atomic E-state index is 11.2. The molecule has 0 aliphatic heterocycles. The lowest BCUT2D eigenvalue weighted by molar-refractivity contribution is 0.0474. The molecule has 0 fully saturated rings. The maximum absolute atomic E-state index is 11.2. The van der Waals surface area contributed by atoms with E-state index >= 15 is 0 Å². The van der Waals surface area contributed by atoms with Crippen molar-refractivity contribution in [3.8, 4) is 0 Å². The van der Waals surface area contributed by atoms with Crippen LogP contribution in [-0.2, 0) is 4.74 Å². The molecule has 2 atom stereocenters. The Bertz CT molecular complexity index is 187. The fourth-order valence-corrected chi connectivity index (χ4v) is 0.802. The molecule has 0 unspecified atom stereocenters. The molecule has 0 aliphatic rings. The summed E-state index contributed by atoms with van der Waals surface area (Å²) in [6, 6.07) is -0.780. The molecule has 0 heterocycles. The molecule has 0 saturated heterocycles. The number of alkyl carbamates (subject to hydrolysis) is 1. The minimum absolute atomic E-state index is 0.198. The number of nitrogens with one attached hydrogen (secondary N) is 1. The van der Waals surface area contributed by atoms with Gasteiger partial charge in [-0.25, -0.2) is 4.79 Å². The van der Waals surface area contributed by atoms with Crippen LogP contribution in [0.4, 0.5) is 4.79 Å². The average Bonchev–Trinajstić information content (AvgIpc) is 1.96. The lowest BCUT2D eigenvalue weighted by atomic mass is 10.2. The standard InChI is InChI=1S/C9H20N2O3/c1-6(10)7(5-12)11-8(13)14-9(2,3)4/h6-7,12H,5,10H2,1-4H3,(H,11,13)/t6-,7-/m1/s1. The third-order valence-electron chi connectivity index (χ3n) is 1.53. The number of amides is 1. The number of hydrogen-bond donors (Lipinski definition) is 3. The van der Waals surface area contributed by atoms with E-state index in [4.69, 9.17) is 15.6 Å². The molecule has 0 radical (unpaired) electrons. The number of hydrogen-bond acceptors (Lipinski definition) is 4. The lowest BCUT2D eigenvalue weighted by Crippen LogP contribution is -2.49. The molecule has 0 bridgehead atoms. The predicted octanol–water partition coefficient (Wildman–Crippen LogP) is 0.219. The van der Waals surface area contributed by atoms with Gasteiger partial charge >= 0.3 is 6.09 Å². The van der Waals surface area contributed by atoms with Crippen LogP contribution in [0.5, 0.6) is 0 Å². The van der Waals surface area contributed by atoms with Gasteiger partial charge in [0.25, 0.3) is 0 Å². The monoisotopic (exact) mass is 204 g/mol. The van der Waals surface area contributed by atoms with Gasteiger partial charge in [0.05, 0.1) is 12.6 Å². The van der Waals surface area contributed by atoms with E-state index in [1.165, 1.54) is 0 Å². The summed E-state index contributed by atoms with van der Waals surface area (Å²) >= 11 is 0. The summed E-state index contributed by atoms with van der Waals surface area (Å²) in [5, 5.41) is 11.4. The van der Waals surface area contributed by atoms with Gasteiger partial charge in [0.15, 0.2) is 0 Å². The van der Waals surface area contributed by atoms with Crippen molar-refractivity contribution in [2.24, 2.45) is 5.73 Å². The van der Waals surface area contributed by atoms with Crippen LogP contribution in [0.15, 0.2) is 0 Å². The molecule has 0 aromatic heterocycles. The van der Waals surface area contributed by atoms with Crippen molar-refractivity contribution in [1.82, 2.24) is 5.32 Å². The molecule has 5 nitrogen and oxygen atoms in total. The van der Waals surface area contributed by atoms with Crippen molar-refractivity contribution >= 4 is 6.09 Å². The van der Waals surface area contributed by atoms with Crippen LogP contribution < -0.4 is 11.1 Å². The molecular formula is C9H20N2O3. The Labute approximate surface area is 84.6 Å². The van der Waals surface area contributed by atoms with Crippen molar-refractivity contribution < 1.29 is 14.6 Å². The average molecular weight is 204 g/mol. The number of carbonyl (C=O) groups excluding carboxylic acids is 1. The van der Waals surface area contributed by atoms with E-state index in [0.29, 0.717) is 0 Å². The minimum Gasteiger partial charge on any atom is -0.444 e. The smallest absolute Gasteiger partial charge is 0.408 e. The number of nitrogens with two attached hydrogens (primary N) is 1. The van der Waals surface area contributed by atoms with Gasteiger partial charge in [-0.2, -0.15) is 0 Å². The Hall–Kier alpha value is -0.810.